The molecule has 3 aromatic rings. The first-order chi connectivity index (χ1) is 16.1. The molecule has 0 atom stereocenters. The molecule has 0 aliphatic carbocycles. The van der Waals surface area contributed by atoms with E-state index in [1.165, 1.54) is 5.56 Å². The topological polar surface area (TPSA) is 89.7 Å². The van der Waals surface area contributed by atoms with Gasteiger partial charge in [0.15, 0.2) is 11.5 Å². The highest BCUT2D eigenvalue weighted by Gasteiger charge is 2.14. The molecule has 0 unspecified atom stereocenters. The SMILES string of the molecule is CCN(CC)Cc1ccccc1CNC(=O)CCc1nc(-c2ccc(OC)c(OC)c2)no1. The van der Waals surface area contributed by atoms with Crippen molar-refractivity contribution >= 4 is 5.91 Å². The summed E-state index contributed by atoms with van der Waals surface area (Å²) in [6.07, 6.45) is 0.638. The molecule has 0 aliphatic rings. The first kappa shape index (κ1) is 24.3. The number of nitrogens with one attached hydrogen (secondary N) is 1. The first-order valence-corrected chi connectivity index (χ1v) is 11.2. The summed E-state index contributed by atoms with van der Waals surface area (Å²) in [5.74, 6) is 2.01. The molecule has 1 amide bonds. The van der Waals surface area contributed by atoms with Crippen molar-refractivity contribution < 1.29 is 18.8 Å². The van der Waals surface area contributed by atoms with Crippen LogP contribution in [0.1, 0.15) is 37.3 Å². The van der Waals surface area contributed by atoms with Crippen LogP contribution in [0.15, 0.2) is 47.0 Å². The van der Waals surface area contributed by atoms with E-state index in [1.807, 2.05) is 18.2 Å². The van der Waals surface area contributed by atoms with Crippen LogP contribution in [0.5, 0.6) is 11.5 Å². The number of benzene rings is 2. The predicted molar refractivity (Wildman–Crippen MR) is 126 cm³/mol. The van der Waals surface area contributed by atoms with E-state index < -0.39 is 0 Å². The molecule has 176 valence electrons. The number of aromatic nitrogens is 2. The molecule has 0 aliphatic heterocycles. The Bertz CT molecular complexity index is 1050. The van der Waals surface area contributed by atoms with E-state index in [-0.39, 0.29) is 12.3 Å². The van der Waals surface area contributed by atoms with Gasteiger partial charge in [0.1, 0.15) is 0 Å². The zero-order valence-electron chi connectivity index (χ0n) is 19.8. The highest BCUT2D eigenvalue weighted by atomic mass is 16.5. The molecule has 0 bridgehead atoms. The Labute approximate surface area is 194 Å². The summed E-state index contributed by atoms with van der Waals surface area (Å²) in [6.45, 7) is 7.67. The normalized spacial score (nSPS) is 10.9. The van der Waals surface area contributed by atoms with Crippen molar-refractivity contribution in [1.82, 2.24) is 20.4 Å². The Morgan fingerprint density at radius 3 is 2.45 bits per heavy atom. The summed E-state index contributed by atoms with van der Waals surface area (Å²) in [5.41, 5.74) is 3.11. The Morgan fingerprint density at radius 2 is 1.76 bits per heavy atom. The van der Waals surface area contributed by atoms with Crippen LogP contribution in [0.25, 0.3) is 11.4 Å². The van der Waals surface area contributed by atoms with E-state index in [0.29, 0.717) is 36.2 Å². The number of hydrogen-bond donors (Lipinski definition) is 1. The smallest absolute Gasteiger partial charge is 0.227 e. The van der Waals surface area contributed by atoms with Crippen molar-refractivity contribution in [2.45, 2.75) is 39.8 Å². The van der Waals surface area contributed by atoms with Gasteiger partial charge >= 0.3 is 0 Å². The number of amides is 1. The van der Waals surface area contributed by atoms with E-state index >= 15 is 0 Å². The van der Waals surface area contributed by atoms with Crippen molar-refractivity contribution in [1.29, 1.82) is 0 Å². The minimum Gasteiger partial charge on any atom is -0.493 e. The molecule has 0 saturated carbocycles. The van der Waals surface area contributed by atoms with Gasteiger partial charge in [0.25, 0.3) is 0 Å². The molecule has 0 fully saturated rings. The van der Waals surface area contributed by atoms with Gasteiger partial charge in [-0.2, -0.15) is 4.98 Å². The quantitative estimate of drug-likeness (QED) is 0.446. The molecule has 1 N–H and O–H groups in total. The lowest BCUT2D eigenvalue weighted by atomic mass is 10.1. The Balaban J connectivity index is 1.54. The van der Waals surface area contributed by atoms with E-state index in [0.717, 1.165) is 30.8 Å². The number of carbonyl (C=O) groups is 1. The lowest BCUT2D eigenvalue weighted by molar-refractivity contribution is -0.121. The number of ether oxygens (including phenoxy) is 2. The molecular weight excluding hydrogens is 420 g/mol. The summed E-state index contributed by atoms with van der Waals surface area (Å²) < 4.78 is 15.9. The van der Waals surface area contributed by atoms with E-state index in [4.69, 9.17) is 14.0 Å². The van der Waals surface area contributed by atoms with Gasteiger partial charge in [-0.1, -0.05) is 43.3 Å². The standard InChI is InChI=1S/C25H32N4O4/c1-5-29(6-2)17-20-10-8-7-9-19(20)16-26-23(30)13-14-24-27-25(28-33-24)18-11-12-21(31-3)22(15-18)32-4/h7-12,15H,5-6,13-14,16-17H2,1-4H3,(H,26,30). The van der Waals surface area contributed by atoms with Gasteiger partial charge in [0, 0.05) is 31.5 Å². The lowest BCUT2D eigenvalue weighted by Gasteiger charge is -2.20. The molecule has 33 heavy (non-hydrogen) atoms. The second-order valence-electron chi connectivity index (χ2n) is 7.59. The zero-order valence-corrected chi connectivity index (χ0v) is 19.8. The fourth-order valence-corrected chi connectivity index (χ4v) is 3.52. The van der Waals surface area contributed by atoms with Gasteiger partial charge in [-0.3, -0.25) is 9.69 Å². The molecule has 8 nitrogen and oxygen atoms in total. The van der Waals surface area contributed by atoms with Gasteiger partial charge in [-0.25, -0.2) is 0 Å². The third-order valence-corrected chi connectivity index (χ3v) is 5.56. The molecule has 1 aromatic heterocycles. The van der Waals surface area contributed by atoms with Crippen LogP contribution in [-0.2, 0) is 24.3 Å². The predicted octanol–water partition coefficient (Wildman–Crippen LogP) is 3.84. The monoisotopic (exact) mass is 452 g/mol. The molecular formula is C25H32N4O4. The van der Waals surface area contributed by atoms with E-state index in [9.17, 15) is 4.79 Å². The van der Waals surface area contributed by atoms with Gasteiger partial charge in [0.05, 0.1) is 14.2 Å². The van der Waals surface area contributed by atoms with Crippen molar-refractivity contribution in [3.8, 4) is 22.9 Å². The third kappa shape index (κ3) is 6.55. The van der Waals surface area contributed by atoms with Gasteiger partial charge in [0.2, 0.25) is 17.6 Å². The van der Waals surface area contributed by atoms with Crippen molar-refractivity contribution in [3.05, 3.63) is 59.5 Å². The number of carbonyl (C=O) groups excluding carboxylic acids is 1. The molecule has 8 heteroatoms. The maximum atomic E-state index is 12.4. The summed E-state index contributed by atoms with van der Waals surface area (Å²) in [4.78, 5) is 19.2. The van der Waals surface area contributed by atoms with Gasteiger partial charge in [-0.05, 0) is 42.4 Å². The maximum Gasteiger partial charge on any atom is 0.227 e. The number of nitrogens with zero attached hydrogens (tertiary/aromatic N) is 3. The summed E-state index contributed by atoms with van der Waals surface area (Å²) >= 11 is 0. The molecule has 1 heterocycles. The van der Waals surface area contributed by atoms with E-state index in [2.05, 4.69) is 46.3 Å². The highest BCUT2D eigenvalue weighted by molar-refractivity contribution is 5.76. The zero-order chi connectivity index (χ0) is 23.6. The van der Waals surface area contributed by atoms with Crippen LogP contribution in [0.2, 0.25) is 0 Å². The molecule has 0 spiro atoms. The fourth-order valence-electron chi connectivity index (χ4n) is 3.52. The molecule has 0 radical (unpaired) electrons. The van der Waals surface area contributed by atoms with Gasteiger partial charge in [-0.15, -0.1) is 0 Å². The van der Waals surface area contributed by atoms with Crippen LogP contribution in [0.3, 0.4) is 0 Å². The van der Waals surface area contributed by atoms with Crippen LogP contribution in [0, 0.1) is 0 Å². The van der Waals surface area contributed by atoms with Crippen molar-refractivity contribution in [2.24, 2.45) is 0 Å². The second kappa shape index (κ2) is 12.0. The largest absolute Gasteiger partial charge is 0.493 e. The minimum atomic E-state index is -0.0569. The van der Waals surface area contributed by atoms with Crippen LogP contribution < -0.4 is 14.8 Å². The molecule has 2 aromatic carbocycles. The second-order valence-corrected chi connectivity index (χ2v) is 7.59. The maximum absolute atomic E-state index is 12.4. The summed E-state index contributed by atoms with van der Waals surface area (Å²) in [7, 11) is 3.16. The lowest BCUT2D eigenvalue weighted by Crippen LogP contribution is -2.26. The number of hydrogen-bond acceptors (Lipinski definition) is 7. The van der Waals surface area contributed by atoms with Crippen LogP contribution >= 0.6 is 0 Å². The number of methoxy groups -OCH3 is 2. The average molecular weight is 453 g/mol. The summed E-state index contributed by atoms with van der Waals surface area (Å²) in [5, 5.41) is 7.03. The number of aryl methyl sites for hydroxylation is 1. The Hall–Kier alpha value is -3.39. The number of rotatable bonds is 12. The first-order valence-electron chi connectivity index (χ1n) is 11.2. The average Bonchev–Trinajstić information content (AvgIpc) is 3.34. The Kier molecular flexibility index (Phi) is 8.83. The van der Waals surface area contributed by atoms with E-state index in [1.54, 1.807) is 26.4 Å². The molecule has 0 saturated heterocycles. The third-order valence-electron chi connectivity index (χ3n) is 5.56. The van der Waals surface area contributed by atoms with Crippen LogP contribution in [0.4, 0.5) is 0 Å². The summed E-state index contributed by atoms with van der Waals surface area (Å²) in [6, 6.07) is 13.6. The van der Waals surface area contributed by atoms with Crippen LogP contribution in [-0.4, -0.2) is 48.3 Å². The van der Waals surface area contributed by atoms with Gasteiger partial charge < -0.3 is 19.3 Å². The minimum absolute atomic E-state index is 0.0569. The highest BCUT2D eigenvalue weighted by Crippen LogP contribution is 2.31. The fraction of sp³-hybridized carbons (Fsp3) is 0.400. The Morgan fingerprint density at radius 1 is 1.03 bits per heavy atom. The van der Waals surface area contributed by atoms with Crippen molar-refractivity contribution in [2.75, 3.05) is 27.3 Å². The molecule has 3 rings (SSSR count). The van der Waals surface area contributed by atoms with Crippen molar-refractivity contribution in [3.63, 3.8) is 0 Å².